The summed E-state index contributed by atoms with van der Waals surface area (Å²) in [7, 11) is 0. The summed E-state index contributed by atoms with van der Waals surface area (Å²) in [6.45, 7) is 0.603. The Morgan fingerprint density at radius 1 is 1.03 bits per heavy atom. The first-order chi connectivity index (χ1) is 15.7. The normalized spacial score (nSPS) is 18.6. The minimum Gasteiger partial charge on any atom is -0.366 e. The number of fused-ring (bicyclic) bond motifs is 1. The molecular formula is C24H26ClN7. The number of aromatic nitrogens is 4. The zero-order chi connectivity index (χ0) is 21.9. The van der Waals surface area contributed by atoms with Crippen molar-refractivity contribution in [1.82, 2.24) is 19.4 Å². The van der Waals surface area contributed by atoms with Crippen molar-refractivity contribution in [3.05, 3.63) is 71.6 Å². The number of pyridine rings is 1. The molecule has 32 heavy (non-hydrogen) atoms. The molecule has 164 valence electrons. The smallest absolute Gasteiger partial charge is 0.180 e. The van der Waals surface area contributed by atoms with Crippen LogP contribution in [-0.2, 0) is 6.54 Å². The van der Waals surface area contributed by atoms with Crippen LogP contribution in [0.2, 0.25) is 5.02 Å². The van der Waals surface area contributed by atoms with Gasteiger partial charge in [-0.25, -0.2) is 15.0 Å². The van der Waals surface area contributed by atoms with E-state index in [0.717, 1.165) is 64.9 Å². The van der Waals surface area contributed by atoms with Gasteiger partial charge in [-0.3, -0.25) is 4.40 Å². The number of rotatable bonds is 6. The Hall–Kier alpha value is -3.16. The Kier molecular flexibility index (Phi) is 5.92. The average molecular weight is 448 g/mol. The predicted molar refractivity (Wildman–Crippen MR) is 129 cm³/mol. The fraction of sp³-hybridized carbons (Fsp3) is 0.292. The molecule has 3 aromatic heterocycles. The van der Waals surface area contributed by atoms with Crippen LogP contribution < -0.4 is 16.4 Å². The van der Waals surface area contributed by atoms with E-state index in [4.69, 9.17) is 22.3 Å². The molecule has 1 saturated carbocycles. The summed E-state index contributed by atoms with van der Waals surface area (Å²) in [5.41, 5.74) is 9.62. The van der Waals surface area contributed by atoms with E-state index in [-0.39, 0.29) is 0 Å². The number of imidazole rings is 1. The van der Waals surface area contributed by atoms with Crippen LogP contribution in [0.4, 0.5) is 11.6 Å². The highest BCUT2D eigenvalue weighted by Gasteiger charge is 2.20. The maximum absolute atomic E-state index is 6.27. The predicted octanol–water partition coefficient (Wildman–Crippen LogP) is 4.74. The van der Waals surface area contributed by atoms with Gasteiger partial charge < -0.3 is 16.4 Å². The van der Waals surface area contributed by atoms with Gasteiger partial charge in [0.25, 0.3) is 0 Å². The summed E-state index contributed by atoms with van der Waals surface area (Å²) >= 11 is 6.27. The zero-order valence-corrected chi connectivity index (χ0v) is 18.5. The number of halogens is 1. The van der Waals surface area contributed by atoms with Gasteiger partial charge in [0, 0.05) is 36.0 Å². The van der Waals surface area contributed by atoms with Crippen LogP contribution in [0.3, 0.4) is 0 Å². The molecule has 0 radical (unpaired) electrons. The molecule has 0 bridgehead atoms. The van der Waals surface area contributed by atoms with Crippen molar-refractivity contribution in [3.8, 4) is 11.4 Å². The van der Waals surface area contributed by atoms with Crippen molar-refractivity contribution in [2.45, 2.75) is 44.3 Å². The molecule has 0 spiro atoms. The van der Waals surface area contributed by atoms with Gasteiger partial charge in [0.15, 0.2) is 11.5 Å². The molecule has 4 aromatic rings. The molecule has 0 atom stereocenters. The van der Waals surface area contributed by atoms with Gasteiger partial charge >= 0.3 is 0 Å². The highest BCUT2D eigenvalue weighted by Crippen LogP contribution is 2.26. The fourth-order valence-corrected chi connectivity index (χ4v) is 4.37. The largest absolute Gasteiger partial charge is 0.366 e. The number of hydrogen-bond donors (Lipinski definition) is 3. The molecule has 1 aliphatic carbocycles. The number of nitrogens with two attached hydrogens (primary N) is 1. The van der Waals surface area contributed by atoms with Gasteiger partial charge in [-0.1, -0.05) is 35.9 Å². The summed E-state index contributed by atoms with van der Waals surface area (Å²) in [4.78, 5) is 14.0. The van der Waals surface area contributed by atoms with Crippen LogP contribution in [0.25, 0.3) is 17.0 Å². The third-order valence-electron chi connectivity index (χ3n) is 5.97. The van der Waals surface area contributed by atoms with E-state index in [2.05, 4.69) is 20.6 Å². The first-order valence-corrected chi connectivity index (χ1v) is 11.3. The van der Waals surface area contributed by atoms with Crippen molar-refractivity contribution in [1.29, 1.82) is 0 Å². The van der Waals surface area contributed by atoms with Gasteiger partial charge in [0.2, 0.25) is 0 Å². The molecule has 0 saturated heterocycles. The van der Waals surface area contributed by atoms with Crippen molar-refractivity contribution in [2.24, 2.45) is 5.73 Å². The van der Waals surface area contributed by atoms with Crippen LogP contribution in [-0.4, -0.2) is 31.4 Å². The molecule has 8 heteroatoms. The molecule has 1 aliphatic rings. The van der Waals surface area contributed by atoms with E-state index in [1.165, 1.54) is 0 Å². The Bertz CT molecular complexity index is 1210. The van der Waals surface area contributed by atoms with E-state index in [1.54, 1.807) is 6.20 Å². The minimum absolute atomic E-state index is 0.319. The SMILES string of the molecule is NC1CCC(Nc2nccn3c(-c4cccc(NCc5ccccc5Cl)n4)cnc23)CC1. The Balaban J connectivity index is 1.37. The van der Waals surface area contributed by atoms with E-state index in [9.17, 15) is 0 Å². The molecule has 1 fully saturated rings. The lowest BCUT2D eigenvalue weighted by Gasteiger charge is -2.27. The van der Waals surface area contributed by atoms with Crippen molar-refractivity contribution < 1.29 is 0 Å². The van der Waals surface area contributed by atoms with E-state index >= 15 is 0 Å². The standard InChI is InChI=1S/C24H26ClN7/c25-19-5-2-1-4-16(19)14-28-22-7-3-6-20(31-22)21-15-29-24-23(27-12-13-32(21)24)30-18-10-8-17(26)9-11-18/h1-7,12-13,15,17-18H,8-11,14,26H2,(H,27,30)(H,28,31). The number of anilines is 2. The van der Waals surface area contributed by atoms with Gasteiger partial charge in [-0.05, 0) is 49.4 Å². The van der Waals surface area contributed by atoms with Gasteiger partial charge in [0.05, 0.1) is 17.6 Å². The lowest BCUT2D eigenvalue weighted by molar-refractivity contribution is 0.410. The Morgan fingerprint density at radius 3 is 2.72 bits per heavy atom. The van der Waals surface area contributed by atoms with E-state index in [1.807, 2.05) is 59.3 Å². The second kappa shape index (κ2) is 9.14. The van der Waals surface area contributed by atoms with Crippen LogP contribution in [0.15, 0.2) is 61.1 Å². The lowest BCUT2D eigenvalue weighted by atomic mass is 9.92. The van der Waals surface area contributed by atoms with Crippen molar-refractivity contribution >= 4 is 28.9 Å². The highest BCUT2D eigenvalue weighted by atomic mass is 35.5. The van der Waals surface area contributed by atoms with E-state index < -0.39 is 0 Å². The molecule has 0 aliphatic heterocycles. The fourth-order valence-electron chi connectivity index (χ4n) is 4.17. The Labute approximate surface area is 192 Å². The summed E-state index contributed by atoms with van der Waals surface area (Å²) in [6, 6.07) is 14.4. The summed E-state index contributed by atoms with van der Waals surface area (Å²) < 4.78 is 2.03. The first kappa shape index (κ1) is 20.7. The number of nitrogens with one attached hydrogen (secondary N) is 2. The molecule has 0 unspecified atom stereocenters. The minimum atomic E-state index is 0.319. The molecule has 3 heterocycles. The summed E-state index contributed by atoms with van der Waals surface area (Å²) in [5.74, 6) is 1.58. The zero-order valence-electron chi connectivity index (χ0n) is 17.7. The van der Waals surface area contributed by atoms with Crippen LogP contribution >= 0.6 is 11.6 Å². The van der Waals surface area contributed by atoms with Crippen LogP contribution in [0.5, 0.6) is 0 Å². The number of nitrogens with zero attached hydrogens (tertiary/aromatic N) is 4. The molecule has 4 N–H and O–H groups in total. The van der Waals surface area contributed by atoms with Gasteiger partial charge in [-0.15, -0.1) is 0 Å². The van der Waals surface area contributed by atoms with Gasteiger partial charge in [0.1, 0.15) is 5.82 Å². The number of hydrogen-bond acceptors (Lipinski definition) is 6. The van der Waals surface area contributed by atoms with Gasteiger partial charge in [-0.2, -0.15) is 0 Å². The second-order valence-electron chi connectivity index (χ2n) is 8.22. The third-order valence-corrected chi connectivity index (χ3v) is 6.34. The maximum Gasteiger partial charge on any atom is 0.180 e. The monoisotopic (exact) mass is 447 g/mol. The first-order valence-electron chi connectivity index (χ1n) is 11.0. The second-order valence-corrected chi connectivity index (χ2v) is 8.63. The molecular weight excluding hydrogens is 422 g/mol. The highest BCUT2D eigenvalue weighted by molar-refractivity contribution is 6.31. The number of benzene rings is 1. The van der Waals surface area contributed by atoms with Crippen LogP contribution in [0, 0.1) is 0 Å². The maximum atomic E-state index is 6.27. The average Bonchev–Trinajstić information content (AvgIpc) is 3.26. The summed E-state index contributed by atoms with van der Waals surface area (Å²) in [5, 5.41) is 7.67. The van der Waals surface area contributed by atoms with Crippen molar-refractivity contribution in [2.75, 3.05) is 10.6 Å². The quantitative estimate of drug-likeness (QED) is 0.395. The van der Waals surface area contributed by atoms with Crippen LogP contribution in [0.1, 0.15) is 31.2 Å². The van der Waals surface area contributed by atoms with E-state index in [0.29, 0.717) is 18.6 Å². The third kappa shape index (κ3) is 4.40. The van der Waals surface area contributed by atoms with Crippen molar-refractivity contribution in [3.63, 3.8) is 0 Å². The molecule has 7 nitrogen and oxygen atoms in total. The Morgan fingerprint density at radius 2 is 1.88 bits per heavy atom. The summed E-state index contributed by atoms with van der Waals surface area (Å²) in [6.07, 6.45) is 9.76. The lowest BCUT2D eigenvalue weighted by Crippen LogP contribution is -2.33. The molecule has 1 aromatic carbocycles. The molecule has 0 amide bonds. The topological polar surface area (TPSA) is 93.2 Å². The molecule has 5 rings (SSSR count).